The zero-order chi connectivity index (χ0) is 19.8. The Labute approximate surface area is 164 Å². The van der Waals surface area contributed by atoms with E-state index in [-0.39, 0.29) is 18.4 Å². The third kappa shape index (κ3) is 6.18. The van der Waals surface area contributed by atoms with E-state index in [0.717, 1.165) is 0 Å². The van der Waals surface area contributed by atoms with Gasteiger partial charge in [-0.15, -0.1) is 0 Å². The van der Waals surface area contributed by atoms with Crippen LogP contribution in [0, 0.1) is 0 Å². The molecule has 0 radical (unpaired) electrons. The molecule has 144 valence electrons. The summed E-state index contributed by atoms with van der Waals surface area (Å²) in [5, 5.41) is 3.35. The maximum atomic E-state index is 12.6. The van der Waals surface area contributed by atoms with Crippen molar-refractivity contribution >= 4 is 29.1 Å². The van der Waals surface area contributed by atoms with Crippen molar-refractivity contribution in [3.8, 4) is 11.5 Å². The van der Waals surface area contributed by atoms with Crippen LogP contribution in [0.2, 0.25) is 5.02 Å². The average molecular weight is 391 g/mol. The van der Waals surface area contributed by atoms with E-state index in [9.17, 15) is 9.59 Å². The minimum absolute atomic E-state index is 0.0686. The Morgan fingerprint density at radius 2 is 1.85 bits per heavy atom. The summed E-state index contributed by atoms with van der Waals surface area (Å²) in [4.78, 5) is 26.4. The van der Waals surface area contributed by atoms with Gasteiger partial charge in [0.1, 0.15) is 11.5 Å². The van der Waals surface area contributed by atoms with Crippen LogP contribution in [-0.4, -0.2) is 43.0 Å². The second-order valence-electron chi connectivity index (χ2n) is 5.85. The fourth-order valence-corrected chi connectivity index (χ4v) is 2.57. The number of likely N-dealkylation sites (N-methyl/N-ethyl adjacent to an activating group) is 1. The van der Waals surface area contributed by atoms with Crippen LogP contribution in [0.25, 0.3) is 0 Å². The quantitative estimate of drug-likeness (QED) is 0.747. The molecule has 0 bridgehead atoms. The minimum Gasteiger partial charge on any atom is -0.497 e. The number of ether oxygens (including phenoxy) is 2. The number of nitrogens with one attached hydrogen (secondary N) is 1. The Bertz CT molecular complexity index is 780. The van der Waals surface area contributed by atoms with E-state index in [1.807, 2.05) is 6.92 Å². The summed E-state index contributed by atoms with van der Waals surface area (Å²) in [6.07, 6.45) is -0.726. The predicted molar refractivity (Wildman–Crippen MR) is 105 cm³/mol. The molecule has 0 saturated carbocycles. The van der Waals surface area contributed by atoms with E-state index in [2.05, 4.69) is 5.32 Å². The van der Waals surface area contributed by atoms with Crippen molar-refractivity contribution < 1.29 is 19.1 Å². The van der Waals surface area contributed by atoms with Crippen molar-refractivity contribution in [2.45, 2.75) is 20.0 Å². The van der Waals surface area contributed by atoms with E-state index in [4.69, 9.17) is 21.1 Å². The van der Waals surface area contributed by atoms with E-state index in [0.29, 0.717) is 28.8 Å². The third-order valence-corrected chi connectivity index (χ3v) is 4.11. The van der Waals surface area contributed by atoms with Gasteiger partial charge in [0.25, 0.3) is 5.91 Å². The van der Waals surface area contributed by atoms with Gasteiger partial charge in [-0.2, -0.15) is 0 Å². The number of halogens is 1. The Kier molecular flexibility index (Phi) is 7.49. The van der Waals surface area contributed by atoms with Crippen LogP contribution in [0.15, 0.2) is 48.5 Å². The van der Waals surface area contributed by atoms with Crippen molar-refractivity contribution in [3.05, 3.63) is 53.6 Å². The van der Waals surface area contributed by atoms with Crippen molar-refractivity contribution in [3.63, 3.8) is 0 Å². The summed E-state index contributed by atoms with van der Waals surface area (Å²) in [5.74, 6) is 0.615. The lowest BCUT2D eigenvalue weighted by Crippen LogP contribution is -2.44. The van der Waals surface area contributed by atoms with Crippen LogP contribution < -0.4 is 14.8 Å². The predicted octanol–water partition coefficient (Wildman–Crippen LogP) is 3.60. The standard InChI is InChI=1S/C20H23ClN2O4/c1-4-23(13-19(24)22-16-6-5-7-18(12-16)26-3)20(25)14(2)27-17-10-8-15(21)9-11-17/h5-12,14H,4,13H2,1-3H3,(H,22,24). The second-order valence-corrected chi connectivity index (χ2v) is 6.28. The highest BCUT2D eigenvalue weighted by Gasteiger charge is 2.23. The number of carbonyl (C=O) groups is 2. The molecular weight excluding hydrogens is 368 g/mol. The molecule has 0 fully saturated rings. The molecule has 0 aromatic heterocycles. The van der Waals surface area contributed by atoms with Gasteiger partial charge in [0.2, 0.25) is 5.91 Å². The fourth-order valence-electron chi connectivity index (χ4n) is 2.45. The van der Waals surface area contributed by atoms with Crippen LogP contribution >= 0.6 is 11.6 Å². The van der Waals surface area contributed by atoms with Gasteiger partial charge in [0.05, 0.1) is 13.7 Å². The number of hydrogen-bond acceptors (Lipinski definition) is 4. The number of benzene rings is 2. The first-order chi connectivity index (χ1) is 12.9. The first kappa shape index (κ1) is 20.6. The summed E-state index contributed by atoms with van der Waals surface area (Å²) in [6, 6.07) is 13.8. The van der Waals surface area contributed by atoms with Crippen LogP contribution in [0.1, 0.15) is 13.8 Å². The molecule has 1 unspecified atom stereocenters. The van der Waals surface area contributed by atoms with E-state index in [1.165, 1.54) is 4.90 Å². The molecule has 27 heavy (non-hydrogen) atoms. The van der Waals surface area contributed by atoms with Crippen molar-refractivity contribution in [1.29, 1.82) is 0 Å². The molecule has 6 nitrogen and oxygen atoms in total. The fraction of sp³-hybridized carbons (Fsp3) is 0.300. The first-order valence-electron chi connectivity index (χ1n) is 8.57. The van der Waals surface area contributed by atoms with Crippen LogP contribution in [0.4, 0.5) is 5.69 Å². The molecular formula is C20H23ClN2O4. The summed E-state index contributed by atoms with van der Waals surface area (Å²) in [7, 11) is 1.56. The van der Waals surface area contributed by atoms with Crippen LogP contribution in [0.3, 0.4) is 0 Å². The van der Waals surface area contributed by atoms with E-state index >= 15 is 0 Å². The number of amides is 2. The normalized spacial score (nSPS) is 11.4. The van der Waals surface area contributed by atoms with Gasteiger partial charge in [-0.1, -0.05) is 17.7 Å². The molecule has 0 aliphatic rings. The minimum atomic E-state index is -0.726. The molecule has 2 aromatic carbocycles. The van der Waals surface area contributed by atoms with Crippen LogP contribution in [0.5, 0.6) is 11.5 Å². The van der Waals surface area contributed by atoms with Gasteiger partial charge in [-0.3, -0.25) is 9.59 Å². The molecule has 1 atom stereocenters. The number of rotatable bonds is 8. The smallest absolute Gasteiger partial charge is 0.263 e. The third-order valence-electron chi connectivity index (χ3n) is 3.86. The molecule has 0 heterocycles. The van der Waals surface area contributed by atoms with Gasteiger partial charge in [0.15, 0.2) is 6.10 Å². The number of carbonyl (C=O) groups excluding carboxylic acids is 2. The maximum Gasteiger partial charge on any atom is 0.263 e. The molecule has 2 aromatic rings. The molecule has 7 heteroatoms. The molecule has 0 saturated heterocycles. The molecule has 0 aliphatic heterocycles. The van der Waals surface area contributed by atoms with Gasteiger partial charge >= 0.3 is 0 Å². The van der Waals surface area contributed by atoms with E-state index < -0.39 is 6.10 Å². The first-order valence-corrected chi connectivity index (χ1v) is 8.95. The SMILES string of the molecule is CCN(CC(=O)Nc1cccc(OC)c1)C(=O)C(C)Oc1ccc(Cl)cc1. The summed E-state index contributed by atoms with van der Waals surface area (Å²) in [6.45, 7) is 3.78. The highest BCUT2D eigenvalue weighted by Crippen LogP contribution is 2.18. The van der Waals surface area contributed by atoms with Gasteiger partial charge in [-0.05, 0) is 50.2 Å². The summed E-state index contributed by atoms with van der Waals surface area (Å²) < 4.78 is 10.8. The van der Waals surface area contributed by atoms with E-state index in [1.54, 1.807) is 62.6 Å². The largest absolute Gasteiger partial charge is 0.497 e. The number of hydrogen-bond donors (Lipinski definition) is 1. The Morgan fingerprint density at radius 3 is 2.48 bits per heavy atom. The summed E-state index contributed by atoms with van der Waals surface area (Å²) in [5.41, 5.74) is 0.605. The monoisotopic (exact) mass is 390 g/mol. The maximum absolute atomic E-state index is 12.6. The molecule has 2 amide bonds. The molecule has 1 N–H and O–H groups in total. The lowest BCUT2D eigenvalue weighted by Gasteiger charge is -2.24. The highest BCUT2D eigenvalue weighted by atomic mass is 35.5. The average Bonchev–Trinajstić information content (AvgIpc) is 2.67. The number of methoxy groups -OCH3 is 1. The van der Waals surface area contributed by atoms with Gasteiger partial charge in [0, 0.05) is 23.3 Å². The Balaban J connectivity index is 1.94. The number of anilines is 1. The lowest BCUT2D eigenvalue weighted by atomic mass is 10.3. The summed E-state index contributed by atoms with van der Waals surface area (Å²) >= 11 is 5.84. The lowest BCUT2D eigenvalue weighted by molar-refractivity contribution is -0.140. The van der Waals surface area contributed by atoms with Crippen molar-refractivity contribution in [2.75, 3.05) is 25.5 Å². The van der Waals surface area contributed by atoms with Gasteiger partial charge < -0.3 is 19.7 Å². The van der Waals surface area contributed by atoms with Crippen molar-refractivity contribution in [1.82, 2.24) is 4.90 Å². The Hall–Kier alpha value is -2.73. The molecule has 0 aliphatic carbocycles. The second kappa shape index (κ2) is 9.83. The van der Waals surface area contributed by atoms with Gasteiger partial charge in [-0.25, -0.2) is 0 Å². The topological polar surface area (TPSA) is 67.9 Å². The zero-order valence-corrected chi connectivity index (χ0v) is 16.3. The number of nitrogens with zero attached hydrogens (tertiary/aromatic N) is 1. The van der Waals surface area contributed by atoms with Crippen LogP contribution in [-0.2, 0) is 9.59 Å². The molecule has 2 rings (SSSR count). The van der Waals surface area contributed by atoms with Crippen molar-refractivity contribution in [2.24, 2.45) is 0 Å². The Morgan fingerprint density at radius 1 is 1.15 bits per heavy atom. The molecule has 0 spiro atoms. The highest BCUT2D eigenvalue weighted by molar-refractivity contribution is 6.30. The zero-order valence-electron chi connectivity index (χ0n) is 15.6.